The highest BCUT2D eigenvalue weighted by Crippen LogP contribution is 2.26. The van der Waals surface area contributed by atoms with Gasteiger partial charge >= 0.3 is 0 Å². The molecule has 4 heteroatoms. The Hall–Kier alpha value is -3.14. The van der Waals surface area contributed by atoms with E-state index in [4.69, 9.17) is 22.9 Å². The number of hydrogen-bond acceptors (Lipinski definition) is 4. The molecule has 0 aliphatic rings. The Balaban J connectivity index is 0.000000248. The van der Waals surface area contributed by atoms with Crippen LogP contribution in [0.1, 0.15) is 50.1 Å². The first kappa shape index (κ1) is 23.1. The summed E-state index contributed by atoms with van der Waals surface area (Å²) in [5.41, 5.74) is 37.4. The molecule has 0 atom stereocenters. The van der Waals surface area contributed by atoms with E-state index in [0.717, 1.165) is 68.1 Å². The highest BCUT2D eigenvalue weighted by Gasteiger charge is 2.06. The largest absolute Gasteiger partial charge is 0.398 e. The summed E-state index contributed by atoms with van der Waals surface area (Å²) in [6, 6.07) is 10.7. The number of benzene rings is 3. The second kappa shape index (κ2) is 9.12. The Morgan fingerprint density at radius 1 is 0.433 bits per heavy atom. The monoisotopic (exact) mass is 404 g/mol. The number of aryl methyl sites for hydroxylation is 6. The SMILES string of the molecule is Cc1cc(C)c(N)c(C)c1N.Cc1cc(Cc2cc(C)c(N)c(C)c2)cc(C)c1N. The average molecular weight is 405 g/mol. The van der Waals surface area contributed by atoms with Gasteiger partial charge in [0, 0.05) is 22.7 Å². The normalized spacial score (nSPS) is 10.5. The topological polar surface area (TPSA) is 104 Å². The molecule has 0 aromatic heterocycles. The van der Waals surface area contributed by atoms with Crippen molar-refractivity contribution in [3.8, 4) is 0 Å². The summed E-state index contributed by atoms with van der Waals surface area (Å²) in [7, 11) is 0. The molecule has 0 bridgehead atoms. The fourth-order valence-corrected chi connectivity index (χ4v) is 3.79. The van der Waals surface area contributed by atoms with E-state index >= 15 is 0 Å². The van der Waals surface area contributed by atoms with Crippen LogP contribution in [0.3, 0.4) is 0 Å². The molecule has 0 heterocycles. The third kappa shape index (κ3) is 5.07. The molecule has 0 aliphatic heterocycles. The summed E-state index contributed by atoms with van der Waals surface area (Å²) in [6.07, 6.45) is 0.921. The standard InChI is InChI=1S/C17H22N2.C9H14N2/c1-10-5-14(6-11(2)16(10)18)9-15-7-12(3)17(19)13(4)8-15;1-5-4-6(2)9(11)7(3)8(5)10/h5-8H,9,18-19H2,1-4H3;4H,10-11H2,1-3H3. The van der Waals surface area contributed by atoms with Gasteiger partial charge in [0.1, 0.15) is 0 Å². The van der Waals surface area contributed by atoms with Gasteiger partial charge in [-0.2, -0.15) is 0 Å². The van der Waals surface area contributed by atoms with E-state index in [9.17, 15) is 0 Å². The molecule has 0 amide bonds. The zero-order valence-corrected chi connectivity index (χ0v) is 19.4. The molecule has 0 saturated heterocycles. The summed E-state index contributed by atoms with van der Waals surface area (Å²) in [6.45, 7) is 14.2. The van der Waals surface area contributed by atoms with Crippen LogP contribution in [0.4, 0.5) is 22.7 Å². The van der Waals surface area contributed by atoms with Crippen molar-refractivity contribution >= 4 is 22.7 Å². The van der Waals surface area contributed by atoms with Crippen molar-refractivity contribution in [2.24, 2.45) is 0 Å². The van der Waals surface area contributed by atoms with Crippen molar-refractivity contribution in [3.05, 3.63) is 80.4 Å². The van der Waals surface area contributed by atoms with Crippen LogP contribution >= 0.6 is 0 Å². The Labute approximate surface area is 181 Å². The average Bonchev–Trinajstić information content (AvgIpc) is 2.67. The van der Waals surface area contributed by atoms with E-state index in [-0.39, 0.29) is 0 Å². The number of anilines is 4. The highest BCUT2D eigenvalue weighted by atomic mass is 14.6. The smallest absolute Gasteiger partial charge is 0.0394 e. The summed E-state index contributed by atoms with van der Waals surface area (Å²) in [5, 5.41) is 0. The molecule has 3 aromatic carbocycles. The fourth-order valence-electron chi connectivity index (χ4n) is 3.79. The van der Waals surface area contributed by atoms with Crippen LogP contribution in [0.15, 0.2) is 30.3 Å². The molecule has 0 unspecified atom stereocenters. The van der Waals surface area contributed by atoms with Gasteiger partial charge in [0.15, 0.2) is 0 Å². The Morgan fingerprint density at radius 2 is 0.700 bits per heavy atom. The zero-order chi connectivity index (χ0) is 22.7. The van der Waals surface area contributed by atoms with Gasteiger partial charge < -0.3 is 22.9 Å². The first-order valence-electron chi connectivity index (χ1n) is 10.2. The van der Waals surface area contributed by atoms with Crippen LogP contribution in [0.5, 0.6) is 0 Å². The number of hydrogen-bond donors (Lipinski definition) is 4. The van der Waals surface area contributed by atoms with E-state index in [1.165, 1.54) is 11.1 Å². The van der Waals surface area contributed by atoms with Crippen molar-refractivity contribution in [1.82, 2.24) is 0 Å². The number of rotatable bonds is 2. The lowest BCUT2D eigenvalue weighted by molar-refractivity contribution is 1.15. The summed E-state index contributed by atoms with van der Waals surface area (Å²) in [5.74, 6) is 0. The molecule has 3 aromatic rings. The van der Waals surface area contributed by atoms with Gasteiger partial charge in [-0.1, -0.05) is 30.3 Å². The van der Waals surface area contributed by atoms with Crippen molar-refractivity contribution in [1.29, 1.82) is 0 Å². The second-order valence-electron chi connectivity index (χ2n) is 8.43. The van der Waals surface area contributed by atoms with Crippen LogP contribution < -0.4 is 22.9 Å². The Kier molecular flexibility index (Phi) is 7.04. The predicted octanol–water partition coefficient (Wildman–Crippen LogP) is 5.45. The molecule has 0 fully saturated rings. The van der Waals surface area contributed by atoms with E-state index in [1.54, 1.807) is 0 Å². The summed E-state index contributed by atoms with van der Waals surface area (Å²) < 4.78 is 0. The molecule has 0 aliphatic carbocycles. The molecule has 4 nitrogen and oxygen atoms in total. The van der Waals surface area contributed by atoms with Crippen LogP contribution in [0, 0.1) is 48.5 Å². The molecule has 30 heavy (non-hydrogen) atoms. The predicted molar refractivity (Wildman–Crippen MR) is 133 cm³/mol. The highest BCUT2D eigenvalue weighted by molar-refractivity contribution is 5.67. The van der Waals surface area contributed by atoms with Crippen LogP contribution in [-0.2, 0) is 6.42 Å². The second-order valence-corrected chi connectivity index (χ2v) is 8.43. The van der Waals surface area contributed by atoms with Crippen molar-refractivity contribution in [3.63, 3.8) is 0 Å². The maximum absolute atomic E-state index is 6.00. The maximum atomic E-state index is 6.00. The maximum Gasteiger partial charge on any atom is 0.0394 e. The van der Waals surface area contributed by atoms with Gasteiger partial charge in [0.2, 0.25) is 0 Å². The van der Waals surface area contributed by atoms with Crippen molar-refractivity contribution in [2.45, 2.75) is 54.9 Å². The lowest BCUT2D eigenvalue weighted by atomic mass is 9.96. The van der Waals surface area contributed by atoms with Crippen LogP contribution in [0.2, 0.25) is 0 Å². The van der Waals surface area contributed by atoms with E-state index in [1.807, 2.05) is 26.8 Å². The summed E-state index contributed by atoms with van der Waals surface area (Å²) in [4.78, 5) is 0. The van der Waals surface area contributed by atoms with Gasteiger partial charge in [-0.3, -0.25) is 0 Å². The lowest BCUT2D eigenvalue weighted by Gasteiger charge is -2.11. The molecule has 0 radical (unpaired) electrons. The molecule has 0 saturated carbocycles. The number of nitrogens with two attached hydrogens (primary N) is 4. The minimum absolute atomic E-state index is 0.813. The van der Waals surface area contributed by atoms with Gasteiger partial charge in [-0.05, 0) is 105 Å². The molecule has 0 spiro atoms. The van der Waals surface area contributed by atoms with Gasteiger partial charge in [-0.15, -0.1) is 0 Å². The van der Waals surface area contributed by atoms with Crippen molar-refractivity contribution < 1.29 is 0 Å². The third-order valence-electron chi connectivity index (χ3n) is 5.81. The quantitative estimate of drug-likeness (QED) is 0.426. The van der Waals surface area contributed by atoms with Gasteiger partial charge in [0.25, 0.3) is 0 Å². The minimum Gasteiger partial charge on any atom is -0.398 e. The van der Waals surface area contributed by atoms with Gasteiger partial charge in [0.05, 0.1) is 0 Å². The van der Waals surface area contributed by atoms with Crippen LogP contribution in [-0.4, -0.2) is 0 Å². The molecule has 160 valence electrons. The third-order valence-corrected chi connectivity index (χ3v) is 5.81. The molecule has 3 rings (SSSR count). The van der Waals surface area contributed by atoms with Crippen molar-refractivity contribution in [2.75, 3.05) is 22.9 Å². The van der Waals surface area contributed by atoms with Crippen LogP contribution in [0.25, 0.3) is 0 Å². The van der Waals surface area contributed by atoms with E-state index in [0.29, 0.717) is 0 Å². The molecular formula is C26H36N4. The first-order chi connectivity index (χ1) is 13.9. The molecule has 8 N–H and O–H groups in total. The number of nitrogen functional groups attached to an aromatic ring is 4. The molecular weight excluding hydrogens is 368 g/mol. The Morgan fingerprint density at radius 3 is 1.00 bits per heavy atom. The van der Waals surface area contributed by atoms with E-state index < -0.39 is 0 Å². The zero-order valence-electron chi connectivity index (χ0n) is 19.4. The van der Waals surface area contributed by atoms with Gasteiger partial charge in [-0.25, -0.2) is 0 Å². The lowest BCUT2D eigenvalue weighted by Crippen LogP contribution is -2.00. The van der Waals surface area contributed by atoms with E-state index in [2.05, 4.69) is 52.0 Å². The summed E-state index contributed by atoms with van der Waals surface area (Å²) >= 11 is 0. The first-order valence-corrected chi connectivity index (χ1v) is 10.2. The Bertz CT molecular complexity index is 953. The minimum atomic E-state index is 0.813. The fraction of sp³-hybridized carbons (Fsp3) is 0.308.